The van der Waals surface area contributed by atoms with E-state index in [9.17, 15) is 14.0 Å². The van der Waals surface area contributed by atoms with E-state index >= 15 is 0 Å². The van der Waals surface area contributed by atoms with E-state index in [0.717, 1.165) is 10.0 Å². The summed E-state index contributed by atoms with van der Waals surface area (Å²) in [5.74, 6) is -0.348. The summed E-state index contributed by atoms with van der Waals surface area (Å²) in [5, 5.41) is 2.93. The number of aryl methyl sites for hydroxylation is 1. The Morgan fingerprint density at radius 3 is 3.00 bits per heavy atom. The number of pyridine rings is 1. The maximum absolute atomic E-state index is 13.7. The number of carbonyl (C=O) groups excluding carboxylic acids is 1. The van der Waals surface area contributed by atoms with Crippen molar-refractivity contribution in [2.75, 3.05) is 0 Å². The fourth-order valence-corrected chi connectivity index (χ4v) is 3.30. The first-order valence-corrected chi connectivity index (χ1v) is 8.26. The molecule has 1 amide bonds. The fourth-order valence-electron chi connectivity index (χ4n) is 2.93. The van der Waals surface area contributed by atoms with Crippen molar-refractivity contribution in [3.05, 3.63) is 68.3 Å². The van der Waals surface area contributed by atoms with Gasteiger partial charge in [-0.1, -0.05) is 12.1 Å². The summed E-state index contributed by atoms with van der Waals surface area (Å²) in [5.41, 5.74) is 1.41. The molecule has 0 aliphatic heterocycles. The zero-order valence-electron chi connectivity index (χ0n) is 12.4. The number of hydrogen-bond acceptors (Lipinski definition) is 2. The molecule has 1 N–H and O–H groups in total. The molecular weight excluding hydrogens is 363 g/mol. The van der Waals surface area contributed by atoms with Crippen molar-refractivity contribution in [1.82, 2.24) is 9.88 Å². The molecule has 0 spiro atoms. The predicted molar refractivity (Wildman–Crippen MR) is 88.6 cm³/mol. The third kappa shape index (κ3) is 3.52. The third-order valence-electron chi connectivity index (χ3n) is 4.08. The van der Waals surface area contributed by atoms with Crippen molar-refractivity contribution in [2.45, 2.75) is 31.8 Å². The van der Waals surface area contributed by atoms with Crippen LogP contribution in [0.15, 0.2) is 45.8 Å². The summed E-state index contributed by atoms with van der Waals surface area (Å²) in [4.78, 5) is 23.8. The molecule has 0 radical (unpaired) electrons. The summed E-state index contributed by atoms with van der Waals surface area (Å²) in [6.45, 7) is 0.312. The molecule has 1 aromatic carbocycles. The van der Waals surface area contributed by atoms with E-state index in [4.69, 9.17) is 0 Å². The number of aromatic nitrogens is 1. The normalized spacial score (nSPS) is 16.2. The van der Waals surface area contributed by atoms with E-state index in [2.05, 4.69) is 21.2 Å². The minimum absolute atomic E-state index is 0.140. The lowest BCUT2D eigenvalue weighted by atomic mass is 10.1. The Labute approximate surface area is 141 Å². The second-order valence-electron chi connectivity index (χ2n) is 5.60. The Hall–Kier alpha value is -1.95. The van der Waals surface area contributed by atoms with Gasteiger partial charge in [-0.3, -0.25) is 9.59 Å². The summed E-state index contributed by atoms with van der Waals surface area (Å²) in [6.07, 6.45) is 3.21. The Bertz CT molecular complexity index is 803. The number of nitrogens with one attached hydrogen (secondary N) is 1. The maximum Gasteiger partial charge on any atom is 0.250 e. The SMILES string of the molecule is O=C(CCn1cc(Br)ccc1=O)NC1CCc2c(F)cccc21. The molecule has 3 rings (SSSR count). The van der Waals surface area contributed by atoms with Crippen molar-refractivity contribution in [1.29, 1.82) is 0 Å². The average Bonchev–Trinajstić information content (AvgIpc) is 2.93. The smallest absolute Gasteiger partial charge is 0.250 e. The molecule has 0 bridgehead atoms. The van der Waals surface area contributed by atoms with Crippen LogP contribution in [-0.4, -0.2) is 10.5 Å². The quantitative estimate of drug-likeness (QED) is 0.888. The van der Waals surface area contributed by atoms with Gasteiger partial charge >= 0.3 is 0 Å². The minimum Gasteiger partial charge on any atom is -0.349 e. The van der Waals surface area contributed by atoms with Gasteiger partial charge in [-0.2, -0.15) is 0 Å². The number of nitrogens with zero attached hydrogens (tertiary/aromatic N) is 1. The first kappa shape index (κ1) is 15.9. The number of rotatable bonds is 4. The van der Waals surface area contributed by atoms with Gasteiger partial charge in [0.15, 0.2) is 0 Å². The molecule has 6 heteroatoms. The van der Waals surface area contributed by atoms with Crippen molar-refractivity contribution in [2.24, 2.45) is 0 Å². The van der Waals surface area contributed by atoms with Crippen LogP contribution in [0.1, 0.15) is 30.0 Å². The van der Waals surface area contributed by atoms with Crippen LogP contribution in [0.4, 0.5) is 4.39 Å². The van der Waals surface area contributed by atoms with Gasteiger partial charge in [0, 0.05) is 29.7 Å². The van der Waals surface area contributed by atoms with Gasteiger partial charge in [0.1, 0.15) is 5.82 Å². The first-order chi connectivity index (χ1) is 11.0. The summed E-state index contributed by atoms with van der Waals surface area (Å²) in [7, 11) is 0. The lowest BCUT2D eigenvalue weighted by molar-refractivity contribution is -0.122. The van der Waals surface area contributed by atoms with Crippen molar-refractivity contribution in [3.8, 4) is 0 Å². The number of fused-ring (bicyclic) bond motifs is 1. The topological polar surface area (TPSA) is 51.1 Å². The van der Waals surface area contributed by atoms with Gasteiger partial charge in [0.05, 0.1) is 6.04 Å². The maximum atomic E-state index is 13.7. The zero-order chi connectivity index (χ0) is 16.4. The van der Waals surface area contributed by atoms with E-state index < -0.39 is 0 Å². The number of carbonyl (C=O) groups is 1. The number of amides is 1. The van der Waals surface area contributed by atoms with Crippen LogP contribution in [0.5, 0.6) is 0 Å². The third-order valence-corrected chi connectivity index (χ3v) is 4.54. The van der Waals surface area contributed by atoms with Gasteiger partial charge in [0.25, 0.3) is 5.56 Å². The van der Waals surface area contributed by atoms with Crippen LogP contribution in [0.25, 0.3) is 0 Å². The molecule has 1 aliphatic carbocycles. The highest BCUT2D eigenvalue weighted by molar-refractivity contribution is 9.10. The van der Waals surface area contributed by atoms with Crippen molar-refractivity contribution < 1.29 is 9.18 Å². The van der Waals surface area contributed by atoms with Crippen LogP contribution in [0.3, 0.4) is 0 Å². The molecule has 1 aliphatic rings. The van der Waals surface area contributed by atoms with Gasteiger partial charge in [-0.15, -0.1) is 0 Å². The fraction of sp³-hybridized carbons (Fsp3) is 0.294. The minimum atomic E-state index is -0.208. The van der Waals surface area contributed by atoms with E-state index in [1.807, 2.05) is 6.07 Å². The molecule has 0 fully saturated rings. The second kappa shape index (κ2) is 6.66. The van der Waals surface area contributed by atoms with Gasteiger partial charge in [-0.05, 0) is 52.0 Å². The summed E-state index contributed by atoms with van der Waals surface area (Å²) < 4.78 is 16.0. The first-order valence-electron chi connectivity index (χ1n) is 7.47. The Morgan fingerprint density at radius 2 is 2.17 bits per heavy atom. The highest BCUT2D eigenvalue weighted by Gasteiger charge is 2.25. The highest BCUT2D eigenvalue weighted by Crippen LogP contribution is 2.32. The van der Waals surface area contributed by atoms with Crippen molar-refractivity contribution >= 4 is 21.8 Å². The Kier molecular flexibility index (Phi) is 4.61. The van der Waals surface area contributed by atoms with Gasteiger partial charge < -0.3 is 9.88 Å². The monoisotopic (exact) mass is 378 g/mol. The van der Waals surface area contributed by atoms with Crippen molar-refractivity contribution in [3.63, 3.8) is 0 Å². The second-order valence-corrected chi connectivity index (χ2v) is 6.51. The molecule has 0 saturated carbocycles. The average molecular weight is 379 g/mol. The zero-order valence-corrected chi connectivity index (χ0v) is 14.0. The van der Waals surface area contributed by atoms with E-state index in [0.29, 0.717) is 24.9 Å². The molecule has 1 unspecified atom stereocenters. The molecule has 1 atom stereocenters. The van der Waals surface area contributed by atoms with Crippen LogP contribution >= 0.6 is 15.9 Å². The molecule has 120 valence electrons. The molecule has 0 saturated heterocycles. The standard InChI is InChI=1S/C17H16BrFN2O2/c18-11-4-7-17(23)21(10-11)9-8-16(22)20-15-6-5-12-13(15)2-1-3-14(12)19/h1-4,7,10,15H,5-6,8-9H2,(H,20,22). The molecule has 1 aromatic heterocycles. The molecule has 1 heterocycles. The number of benzene rings is 1. The van der Waals surface area contributed by atoms with Crippen LogP contribution in [0, 0.1) is 5.82 Å². The van der Waals surface area contributed by atoms with E-state index in [1.165, 1.54) is 16.7 Å². The largest absolute Gasteiger partial charge is 0.349 e. The summed E-state index contributed by atoms with van der Waals surface area (Å²) in [6, 6.07) is 7.95. The number of hydrogen-bond donors (Lipinski definition) is 1. The van der Waals surface area contributed by atoms with Crippen LogP contribution in [-0.2, 0) is 17.8 Å². The molecule has 2 aromatic rings. The van der Waals surface area contributed by atoms with Gasteiger partial charge in [0.2, 0.25) is 5.91 Å². The van der Waals surface area contributed by atoms with Crippen LogP contribution in [0.2, 0.25) is 0 Å². The Morgan fingerprint density at radius 1 is 1.35 bits per heavy atom. The molecule has 23 heavy (non-hydrogen) atoms. The molecular formula is C17H16BrFN2O2. The summed E-state index contributed by atoms with van der Waals surface area (Å²) >= 11 is 3.30. The van der Waals surface area contributed by atoms with E-state index in [1.54, 1.807) is 18.3 Å². The predicted octanol–water partition coefficient (Wildman–Crippen LogP) is 2.94. The molecule has 4 nitrogen and oxygen atoms in total. The van der Waals surface area contributed by atoms with Crippen LogP contribution < -0.4 is 10.9 Å². The lowest BCUT2D eigenvalue weighted by Gasteiger charge is -2.14. The highest BCUT2D eigenvalue weighted by atomic mass is 79.9. The van der Waals surface area contributed by atoms with E-state index in [-0.39, 0.29) is 29.7 Å². The van der Waals surface area contributed by atoms with Gasteiger partial charge in [-0.25, -0.2) is 4.39 Å². The lowest BCUT2D eigenvalue weighted by Crippen LogP contribution is -2.29. The Balaban J connectivity index is 1.62. The number of halogens is 2.